The summed E-state index contributed by atoms with van der Waals surface area (Å²) < 4.78 is 6.91. The Bertz CT molecular complexity index is 1810. The topological polar surface area (TPSA) is 13.1 Å². The van der Waals surface area contributed by atoms with Gasteiger partial charge in [0.2, 0.25) is 0 Å². The molecule has 0 unspecified atom stereocenters. The summed E-state index contributed by atoms with van der Waals surface area (Å²) in [5.74, 6) is 1.79. The molecule has 0 aliphatic carbocycles. The van der Waals surface area contributed by atoms with E-state index in [2.05, 4.69) is 152 Å². The highest BCUT2D eigenvalue weighted by Gasteiger charge is 2.22. The van der Waals surface area contributed by atoms with Gasteiger partial charge in [0.25, 0.3) is 0 Å². The summed E-state index contributed by atoms with van der Waals surface area (Å²) in [6.45, 7) is 0. The van der Waals surface area contributed by atoms with Crippen molar-refractivity contribution in [2.45, 2.75) is 0 Å². The summed E-state index contributed by atoms with van der Waals surface area (Å²) in [5, 5.41) is 2.22. The average molecular weight is 499 g/mol. The van der Waals surface area contributed by atoms with E-state index in [0.29, 0.717) is 0 Å². The van der Waals surface area contributed by atoms with Crippen LogP contribution in [0.5, 0.6) is 0 Å². The fraction of sp³-hybridized carbons (Fsp3) is 0. The van der Waals surface area contributed by atoms with Crippen LogP contribution in [0.3, 0.4) is 0 Å². The van der Waals surface area contributed by atoms with Crippen molar-refractivity contribution in [3.63, 3.8) is 0 Å². The molecule has 7 aromatic rings. The van der Waals surface area contributed by atoms with Gasteiger partial charge in [-0.1, -0.05) is 158 Å². The zero-order chi connectivity index (χ0) is 26.0. The lowest BCUT2D eigenvalue weighted by molar-refractivity contribution is 0.602. The molecule has 6 aromatic carbocycles. The minimum atomic E-state index is 0.891. The summed E-state index contributed by atoms with van der Waals surface area (Å²) in [6.07, 6.45) is 0. The normalized spacial score (nSPS) is 11.1. The maximum atomic E-state index is 6.91. The van der Waals surface area contributed by atoms with Crippen LogP contribution in [0.1, 0.15) is 0 Å². The molecule has 0 fully saturated rings. The van der Waals surface area contributed by atoms with Gasteiger partial charge in [-0.25, -0.2) is 0 Å². The van der Waals surface area contributed by atoms with E-state index in [0.717, 1.165) is 44.5 Å². The summed E-state index contributed by atoms with van der Waals surface area (Å²) in [6, 6.07) is 55.4. The summed E-state index contributed by atoms with van der Waals surface area (Å²) in [4.78, 5) is 0. The van der Waals surface area contributed by atoms with E-state index in [1.165, 1.54) is 22.3 Å². The van der Waals surface area contributed by atoms with E-state index in [1.807, 2.05) is 6.07 Å². The molecule has 0 bridgehead atoms. The number of hydrogen-bond acceptors (Lipinski definition) is 1. The first-order valence-corrected chi connectivity index (χ1v) is 13.3. The van der Waals surface area contributed by atoms with Crippen LogP contribution in [0.4, 0.5) is 0 Å². The molecule has 1 heterocycles. The molecule has 7 rings (SSSR count). The molecule has 0 aliphatic heterocycles. The third kappa shape index (κ3) is 4.24. The maximum Gasteiger partial charge on any atom is 0.143 e. The molecule has 0 aliphatic rings. The minimum Gasteiger partial charge on any atom is -0.455 e. The number of furan rings is 1. The van der Waals surface area contributed by atoms with E-state index in [1.54, 1.807) is 0 Å². The Morgan fingerprint density at radius 1 is 0.282 bits per heavy atom. The standard InChI is InChI=1S/C38H26O/c1-4-13-27(14-5-1)28-23-25-31(26-24-28)37-34-19-10-11-20-35(34)38(39-37)36-32(29-15-6-2-7-16-29)21-12-22-33(36)30-17-8-3-9-18-30/h1-26H. The van der Waals surface area contributed by atoms with Crippen LogP contribution in [0, 0.1) is 0 Å². The van der Waals surface area contributed by atoms with E-state index in [-0.39, 0.29) is 0 Å². The molecular weight excluding hydrogens is 472 g/mol. The van der Waals surface area contributed by atoms with Crippen molar-refractivity contribution in [1.82, 2.24) is 0 Å². The summed E-state index contributed by atoms with van der Waals surface area (Å²) in [5.41, 5.74) is 9.22. The van der Waals surface area contributed by atoms with Gasteiger partial charge in [-0.05, 0) is 33.4 Å². The van der Waals surface area contributed by atoms with Crippen molar-refractivity contribution in [1.29, 1.82) is 0 Å². The predicted molar refractivity (Wildman–Crippen MR) is 163 cm³/mol. The zero-order valence-corrected chi connectivity index (χ0v) is 21.4. The van der Waals surface area contributed by atoms with E-state index in [4.69, 9.17) is 4.42 Å². The van der Waals surface area contributed by atoms with Gasteiger partial charge < -0.3 is 4.42 Å². The van der Waals surface area contributed by atoms with Crippen molar-refractivity contribution in [2.75, 3.05) is 0 Å². The first kappa shape index (κ1) is 23.0. The average Bonchev–Trinajstić information content (AvgIpc) is 3.41. The molecule has 0 N–H and O–H groups in total. The van der Waals surface area contributed by atoms with Gasteiger partial charge >= 0.3 is 0 Å². The van der Waals surface area contributed by atoms with Crippen LogP contribution in [0.25, 0.3) is 66.8 Å². The second kappa shape index (κ2) is 9.96. The Hall–Kier alpha value is -5.14. The third-order valence-corrected chi connectivity index (χ3v) is 7.34. The van der Waals surface area contributed by atoms with Crippen molar-refractivity contribution in [3.8, 4) is 56.0 Å². The van der Waals surface area contributed by atoms with Crippen LogP contribution >= 0.6 is 0 Å². The van der Waals surface area contributed by atoms with Gasteiger partial charge in [-0.15, -0.1) is 0 Å². The van der Waals surface area contributed by atoms with Gasteiger partial charge in [-0.2, -0.15) is 0 Å². The van der Waals surface area contributed by atoms with Gasteiger partial charge in [0.15, 0.2) is 0 Å². The molecule has 39 heavy (non-hydrogen) atoms. The Morgan fingerprint density at radius 3 is 1.23 bits per heavy atom. The van der Waals surface area contributed by atoms with E-state index < -0.39 is 0 Å². The van der Waals surface area contributed by atoms with Crippen LogP contribution in [-0.4, -0.2) is 0 Å². The van der Waals surface area contributed by atoms with Crippen molar-refractivity contribution < 1.29 is 4.42 Å². The number of rotatable bonds is 5. The fourth-order valence-corrected chi connectivity index (χ4v) is 5.45. The quantitative estimate of drug-likeness (QED) is 0.230. The van der Waals surface area contributed by atoms with Crippen molar-refractivity contribution in [3.05, 3.63) is 158 Å². The monoisotopic (exact) mass is 498 g/mol. The highest BCUT2D eigenvalue weighted by atomic mass is 16.3. The Kier molecular flexibility index (Phi) is 5.88. The fourth-order valence-electron chi connectivity index (χ4n) is 5.45. The Labute approximate surface area is 228 Å². The van der Waals surface area contributed by atoms with E-state index in [9.17, 15) is 0 Å². The lowest BCUT2D eigenvalue weighted by atomic mass is 9.89. The highest BCUT2D eigenvalue weighted by molar-refractivity contribution is 6.07. The third-order valence-electron chi connectivity index (χ3n) is 7.34. The zero-order valence-electron chi connectivity index (χ0n) is 21.4. The summed E-state index contributed by atoms with van der Waals surface area (Å²) in [7, 11) is 0. The first-order valence-electron chi connectivity index (χ1n) is 13.3. The smallest absolute Gasteiger partial charge is 0.143 e. The maximum absolute atomic E-state index is 6.91. The van der Waals surface area contributed by atoms with Crippen LogP contribution in [-0.2, 0) is 0 Å². The van der Waals surface area contributed by atoms with Gasteiger partial charge in [0.05, 0.1) is 0 Å². The molecule has 1 nitrogen and oxygen atoms in total. The second-order valence-electron chi connectivity index (χ2n) is 9.71. The molecule has 0 atom stereocenters. The minimum absolute atomic E-state index is 0.891. The Morgan fingerprint density at radius 2 is 0.692 bits per heavy atom. The number of benzene rings is 6. The number of fused-ring (bicyclic) bond motifs is 1. The lowest BCUT2D eigenvalue weighted by Gasteiger charge is -2.15. The molecule has 0 amide bonds. The van der Waals surface area contributed by atoms with Gasteiger partial charge in [0.1, 0.15) is 11.5 Å². The van der Waals surface area contributed by atoms with Gasteiger partial charge in [-0.3, -0.25) is 0 Å². The van der Waals surface area contributed by atoms with Crippen LogP contribution in [0.15, 0.2) is 162 Å². The van der Waals surface area contributed by atoms with Crippen molar-refractivity contribution >= 4 is 10.8 Å². The van der Waals surface area contributed by atoms with Crippen LogP contribution < -0.4 is 0 Å². The molecule has 0 saturated carbocycles. The molecule has 1 heteroatoms. The highest BCUT2D eigenvalue weighted by Crippen LogP contribution is 2.46. The Balaban J connectivity index is 1.46. The molecule has 0 saturated heterocycles. The van der Waals surface area contributed by atoms with Gasteiger partial charge in [0, 0.05) is 21.9 Å². The summed E-state index contributed by atoms with van der Waals surface area (Å²) >= 11 is 0. The SMILES string of the molecule is c1ccc(-c2ccc(-c3oc(-c4c(-c5ccccc5)cccc4-c4ccccc4)c4ccccc34)cc2)cc1. The molecular formula is C38H26O. The number of hydrogen-bond donors (Lipinski definition) is 0. The second-order valence-corrected chi connectivity index (χ2v) is 9.71. The molecule has 184 valence electrons. The van der Waals surface area contributed by atoms with E-state index >= 15 is 0 Å². The lowest BCUT2D eigenvalue weighted by Crippen LogP contribution is -1.89. The first-order chi connectivity index (χ1) is 19.4. The van der Waals surface area contributed by atoms with Crippen LogP contribution in [0.2, 0.25) is 0 Å². The van der Waals surface area contributed by atoms with Crippen molar-refractivity contribution in [2.24, 2.45) is 0 Å². The predicted octanol–water partition coefficient (Wildman–Crippen LogP) is 10.8. The molecule has 1 aromatic heterocycles. The molecule has 0 radical (unpaired) electrons. The molecule has 0 spiro atoms. The largest absolute Gasteiger partial charge is 0.455 e.